The molecule has 1 atom stereocenters. The van der Waals surface area contributed by atoms with Crippen LogP contribution < -0.4 is 0 Å². The monoisotopic (exact) mass is 311 g/mol. The molecule has 0 aliphatic carbocycles. The highest BCUT2D eigenvalue weighted by atomic mass is 32.2. The predicted molar refractivity (Wildman–Crippen MR) is 76.1 cm³/mol. The van der Waals surface area contributed by atoms with Gasteiger partial charge in [-0.05, 0) is 24.6 Å². The lowest BCUT2D eigenvalue weighted by molar-refractivity contribution is -0.144. The van der Waals surface area contributed by atoms with Crippen LogP contribution in [-0.4, -0.2) is 40.0 Å². The van der Waals surface area contributed by atoms with E-state index in [1.807, 2.05) is 6.07 Å². The van der Waals surface area contributed by atoms with E-state index in [9.17, 15) is 13.2 Å². The average Bonchev–Trinajstić information content (AvgIpc) is 2.46. The first-order valence-electron chi connectivity index (χ1n) is 6.27. The van der Waals surface area contributed by atoms with Crippen LogP contribution in [0.5, 0.6) is 0 Å². The van der Waals surface area contributed by atoms with Crippen LogP contribution in [0.1, 0.15) is 18.1 Å². The first-order chi connectivity index (χ1) is 9.90. The van der Waals surface area contributed by atoms with Crippen LogP contribution in [0.3, 0.4) is 0 Å². The van der Waals surface area contributed by atoms with Crippen molar-refractivity contribution in [3.8, 4) is 6.07 Å². The van der Waals surface area contributed by atoms with Gasteiger partial charge in [0, 0.05) is 7.11 Å². The number of rotatable bonds is 7. The van der Waals surface area contributed by atoms with E-state index in [1.54, 1.807) is 18.2 Å². The van der Waals surface area contributed by atoms with Crippen molar-refractivity contribution < 1.29 is 22.7 Å². The van der Waals surface area contributed by atoms with Gasteiger partial charge < -0.3 is 9.47 Å². The fourth-order valence-electron chi connectivity index (χ4n) is 1.58. The van der Waals surface area contributed by atoms with Gasteiger partial charge in [-0.15, -0.1) is 0 Å². The molecule has 0 radical (unpaired) electrons. The maximum Gasteiger partial charge on any atom is 0.324 e. The van der Waals surface area contributed by atoms with Crippen LogP contribution in [0.2, 0.25) is 0 Å². The molecule has 0 saturated heterocycles. The van der Waals surface area contributed by atoms with Crippen molar-refractivity contribution in [3.05, 3.63) is 35.4 Å². The quantitative estimate of drug-likeness (QED) is 0.552. The number of nitrogens with zero attached hydrogens (tertiary/aromatic N) is 1. The highest BCUT2D eigenvalue weighted by Gasteiger charge is 2.29. The van der Waals surface area contributed by atoms with Gasteiger partial charge in [0.15, 0.2) is 15.1 Å². The lowest BCUT2D eigenvalue weighted by Gasteiger charge is -2.12. The highest BCUT2D eigenvalue weighted by Crippen LogP contribution is 2.14. The topological polar surface area (TPSA) is 93.5 Å². The highest BCUT2D eigenvalue weighted by molar-refractivity contribution is 7.92. The van der Waals surface area contributed by atoms with E-state index in [4.69, 9.17) is 14.7 Å². The molecule has 21 heavy (non-hydrogen) atoms. The molecule has 114 valence electrons. The second kappa shape index (κ2) is 7.76. The van der Waals surface area contributed by atoms with Crippen LogP contribution in [0.15, 0.2) is 24.3 Å². The van der Waals surface area contributed by atoms with E-state index in [-0.39, 0.29) is 19.0 Å². The van der Waals surface area contributed by atoms with Crippen LogP contribution >= 0.6 is 0 Å². The molecule has 0 spiro atoms. The molecule has 6 nitrogen and oxygen atoms in total. The molecule has 0 bridgehead atoms. The van der Waals surface area contributed by atoms with Gasteiger partial charge in [-0.25, -0.2) is 8.42 Å². The Labute approximate surface area is 124 Å². The molecule has 1 unspecified atom stereocenters. The Morgan fingerprint density at radius 3 is 2.71 bits per heavy atom. The van der Waals surface area contributed by atoms with Crippen molar-refractivity contribution in [3.63, 3.8) is 0 Å². The summed E-state index contributed by atoms with van der Waals surface area (Å²) in [6.07, 6.45) is 0. The molecule has 1 aromatic carbocycles. The van der Waals surface area contributed by atoms with Crippen LogP contribution in [0.4, 0.5) is 0 Å². The van der Waals surface area contributed by atoms with Crippen molar-refractivity contribution in [1.29, 1.82) is 5.26 Å². The number of hydrogen-bond donors (Lipinski definition) is 0. The van der Waals surface area contributed by atoms with Crippen molar-refractivity contribution >= 4 is 15.8 Å². The first kappa shape index (κ1) is 17.1. The number of nitriles is 1. The Balaban J connectivity index is 2.76. The molecule has 0 saturated carbocycles. The predicted octanol–water partition coefficient (Wildman–Crippen LogP) is 1.05. The zero-order valence-corrected chi connectivity index (χ0v) is 12.7. The Morgan fingerprint density at radius 2 is 2.10 bits per heavy atom. The standard InChI is InChI=1S/C14H17NO5S/c1-11(14(16)20-7-6-19-2)21(17,18)10-13-5-3-4-12(8-13)9-15/h3-5,8,11H,6-7,10H2,1-2H3. The third-order valence-electron chi connectivity index (χ3n) is 2.83. The molecule has 0 aromatic heterocycles. The van der Waals surface area contributed by atoms with Gasteiger partial charge in [0.25, 0.3) is 0 Å². The summed E-state index contributed by atoms with van der Waals surface area (Å²) < 4.78 is 33.9. The third-order valence-corrected chi connectivity index (χ3v) is 4.83. The van der Waals surface area contributed by atoms with Crippen LogP contribution in [0.25, 0.3) is 0 Å². The Bertz CT molecular complexity index is 633. The summed E-state index contributed by atoms with van der Waals surface area (Å²) in [6, 6.07) is 8.21. The SMILES string of the molecule is COCCOC(=O)C(C)S(=O)(=O)Cc1cccc(C#N)c1. The fourth-order valence-corrected chi connectivity index (χ4v) is 2.83. The van der Waals surface area contributed by atoms with E-state index in [0.717, 1.165) is 0 Å². The second-order valence-corrected chi connectivity index (χ2v) is 6.74. The van der Waals surface area contributed by atoms with E-state index in [1.165, 1.54) is 20.1 Å². The van der Waals surface area contributed by atoms with Gasteiger partial charge in [0.1, 0.15) is 6.61 Å². The van der Waals surface area contributed by atoms with Crippen LogP contribution in [-0.2, 0) is 29.9 Å². The molecule has 0 aliphatic rings. The van der Waals surface area contributed by atoms with Crippen molar-refractivity contribution in [2.24, 2.45) is 0 Å². The van der Waals surface area contributed by atoms with Gasteiger partial charge >= 0.3 is 5.97 Å². The first-order valence-corrected chi connectivity index (χ1v) is 7.98. The summed E-state index contributed by atoms with van der Waals surface area (Å²) in [7, 11) is -2.24. The number of carbonyl (C=O) groups excluding carboxylic acids is 1. The summed E-state index contributed by atoms with van der Waals surface area (Å²) in [6.45, 7) is 1.51. The van der Waals surface area contributed by atoms with Crippen molar-refractivity contribution in [2.75, 3.05) is 20.3 Å². The largest absolute Gasteiger partial charge is 0.462 e. The normalized spacial score (nSPS) is 12.4. The minimum atomic E-state index is -3.70. The summed E-state index contributed by atoms with van der Waals surface area (Å²) in [5.74, 6) is -1.12. The lowest BCUT2D eigenvalue weighted by Crippen LogP contribution is -2.31. The maximum atomic E-state index is 12.2. The van der Waals surface area contributed by atoms with Gasteiger partial charge in [0.2, 0.25) is 0 Å². The van der Waals surface area contributed by atoms with E-state index < -0.39 is 21.1 Å². The van der Waals surface area contributed by atoms with E-state index >= 15 is 0 Å². The molecule has 0 N–H and O–H groups in total. The Hall–Kier alpha value is -1.91. The summed E-state index contributed by atoms with van der Waals surface area (Å²) in [5.41, 5.74) is 0.837. The number of hydrogen-bond acceptors (Lipinski definition) is 6. The number of carbonyl (C=O) groups is 1. The zero-order chi connectivity index (χ0) is 15.9. The van der Waals surface area contributed by atoms with E-state index in [0.29, 0.717) is 11.1 Å². The summed E-state index contributed by atoms with van der Waals surface area (Å²) in [5, 5.41) is 7.53. The van der Waals surface area contributed by atoms with Crippen molar-refractivity contribution in [2.45, 2.75) is 17.9 Å². The minimum Gasteiger partial charge on any atom is -0.462 e. The zero-order valence-electron chi connectivity index (χ0n) is 11.9. The summed E-state index contributed by atoms with van der Waals surface area (Å²) in [4.78, 5) is 11.7. The smallest absolute Gasteiger partial charge is 0.324 e. The third kappa shape index (κ3) is 5.17. The molecule has 1 rings (SSSR count). The maximum absolute atomic E-state index is 12.2. The molecular formula is C14H17NO5S. The van der Waals surface area contributed by atoms with Gasteiger partial charge in [0.05, 0.1) is 24.0 Å². The number of methoxy groups -OCH3 is 1. The molecule has 0 aliphatic heterocycles. The Kier molecular flexibility index (Phi) is 6.34. The van der Waals surface area contributed by atoms with Gasteiger partial charge in [-0.1, -0.05) is 12.1 Å². The van der Waals surface area contributed by atoms with Crippen LogP contribution in [0, 0.1) is 11.3 Å². The molecular weight excluding hydrogens is 294 g/mol. The summed E-state index contributed by atoms with van der Waals surface area (Å²) >= 11 is 0. The molecule has 7 heteroatoms. The number of esters is 1. The molecule has 0 heterocycles. The van der Waals surface area contributed by atoms with Crippen molar-refractivity contribution in [1.82, 2.24) is 0 Å². The molecule has 0 amide bonds. The van der Waals surface area contributed by atoms with Gasteiger partial charge in [-0.3, -0.25) is 4.79 Å². The minimum absolute atomic E-state index is 0.0130. The number of sulfone groups is 1. The fraction of sp³-hybridized carbons (Fsp3) is 0.429. The van der Waals surface area contributed by atoms with E-state index in [2.05, 4.69) is 0 Å². The number of ether oxygens (including phenoxy) is 2. The molecule has 0 fully saturated rings. The second-order valence-electron chi connectivity index (χ2n) is 4.42. The Morgan fingerprint density at radius 1 is 1.38 bits per heavy atom. The number of benzene rings is 1. The molecule has 1 aromatic rings. The average molecular weight is 311 g/mol. The van der Waals surface area contributed by atoms with Gasteiger partial charge in [-0.2, -0.15) is 5.26 Å². The lowest BCUT2D eigenvalue weighted by atomic mass is 10.2.